The van der Waals surface area contributed by atoms with Crippen LogP contribution in [-0.4, -0.2) is 37.2 Å². The summed E-state index contributed by atoms with van der Waals surface area (Å²) in [5.41, 5.74) is 0. The topological polar surface area (TPSA) is 78.9 Å². The van der Waals surface area contributed by atoms with Gasteiger partial charge in [-0.15, -0.1) is 0 Å². The minimum Gasteiger partial charge on any atom is -0.462 e. The van der Waals surface area contributed by atoms with Crippen molar-refractivity contribution < 1.29 is 28.6 Å². The molecule has 0 radical (unpaired) electrons. The van der Waals surface area contributed by atoms with Crippen LogP contribution >= 0.6 is 0 Å². The van der Waals surface area contributed by atoms with Gasteiger partial charge in [0, 0.05) is 19.3 Å². The van der Waals surface area contributed by atoms with Crippen LogP contribution in [0.1, 0.15) is 316 Å². The Bertz CT molecular complexity index is 1590. The summed E-state index contributed by atoms with van der Waals surface area (Å²) < 4.78 is 16.9. The zero-order valence-electron chi connectivity index (χ0n) is 51.9. The molecule has 0 N–H and O–H groups in total. The van der Waals surface area contributed by atoms with Gasteiger partial charge in [0.05, 0.1) is 0 Å². The van der Waals surface area contributed by atoms with Crippen molar-refractivity contribution in [1.29, 1.82) is 0 Å². The van der Waals surface area contributed by atoms with E-state index in [0.717, 1.165) is 109 Å². The van der Waals surface area contributed by atoms with E-state index in [1.807, 2.05) is 0 Å². The molecule has 0 saturated heterocycles. The normalized spacial score (nSPS) is 12.8. The molecule has 0 aromatic heterocycles. The lowest BCUT2D eigenvalue weighted by molar-refractivity contribution is -0.167. The van der Waals surface area contributed by atoms with Crippen LogP contribution in [-0.2, 0) is 28.6 Å². The molecule has 452 valence electrons. The predicted octanol–water partition coefficient (Wildman–Crippen LogP) is 23.0. The lowest BCUT2D eigenvalue weighted by Gasteiger charge is -2.18. The third-order valence-corrected chi connectivity index (χ3v) is 14.2. The first kappa shape index (κ1) is 75.1. The van der Waals surface area contributed by atoms with Crippen LogP contribution in [0.2, 0.25) is 0 Å². The van der Waals surface area contributed by atoms with Gasteiger partial charge in [-0.25, -0.2) is 0 Å². The molecular weight excluding hydrogens is 973 g/mol. The van der Waals surface area contributed by atoms with E-state index in [1.54, 1.807) is 0 Å². The number of hydrogen-bond donors (Lipinski definition) is 0. The fraction of sp³-hybridized carbons (Fsp3) is 0.712. The number of rotatable bonds is 60. The van der Waals surface area contributed by atoms with E-state index in [4.69, 9.17) is 14.2 Å². The Morgan fingerprint density at radius 2 is 0.506 bits per heavy atom. The molecular formula is C73H124O6. The fourth-order valence-electron chi connectivity index (χ4n) is 9.22. The van der Waals surface area contributed by atoms with Crippen LogP contribution in [0.25, 0.3) is 0 Å². The molecule has 0 aliphatic rings. The maximum atomic E-state index is 12.9. The highest BCUT2D eigenvalue weighted by molar-refractivity contribution is 5.71. The first-order chi connectivity index (χ1) is 39.0. The molecule has 0 bridgehead atoms. The van der Waals surface area contributed by atoms with E-state index in [9.17, 15) is 14.4 Å². The first-order valence-electron chi connectivity index (χ1n) is 33.4. The van der Waals surface area contributed by atoms with Crippen molar-refractivity contribution in [2.45, 2.75) is 322 Å². The van der Waals surface area contributed by atoms with Crippen molar-refractivity contribution in [3.8, 4) is 0 Å². The van der Waals surface area contributed by atoms with Crippen LogP contribution in [0, 0.1) is 0 Å². The lowest BCUT2D eigenvalue weighted by atomic mass is 10.1. The maximum absolute atomic E-state index is 12.9. The molecule has 6 nitrogen and oxygen atoms in total. The van der Waals surface area contributed by atoms with Crippen molar-refractivity contribution in [3.63, 3.8) is 0 Å². The summed E-state index contributed by atoms with van der Waals surface area (Å²) in [6.07, 6.45) is 91.0. The van der Waals surface area contributed by atoms with E-state index >= 15 is 0 Å². The van der Waals surface area contributed by atoms with Crippen molar-refractivity contribution in [3.05, 3.63) is 109 Å². The fourth-order valence-corrected chi connectivity index (χ4v) is 9.22. The summed E-state index contributed by atoms with van der Waals surface area (Å²) in [5, 5.41) is 0. The van der Waals surface area contributed by atoms with Crippen LogP contribution in [0.15, 0.2) is 109 Å². The number of hydrogen-bond acceptors (Lipinski definition) is 6. The summed E-state index contributed by atoms with van der Waals surface area (Å²) >= 11 is 0. The molecule has 0 rings (SSSR count). The molecule has 0 saturated carbocycles. The highest BCUT2D eigenvalue weighted by Gasteiger charge is 2.19. The van der Waals surface area contributed by atoms with E-state index in [1.165, 1.54) is 167 Å². The number of esters is 3. The van der Waals surface area contributed by atoms with Gasteiger partial charge in [-0.1, -0.05) is 284 Å². The largest absolute Gasteiger partial charge is 0.462 e. The minimum atomic E-state index is -0.787. The average Bonchev–Trinajstić information content (AvgIpc) is 3.45. The Balaban J connectivity index is 4.27. The van der Waals surface area contributed by atoms with Crippen LogP contribution in [0.5, 0.6) is 0 Å². The van der Waals surface area contributed by atoms with Gasteiger partial charge in [0.2, 0.25) is 0 Å². The zero-order chi connectivity index (χ0) is 57.1. The minimum absolute atomic E-state index is 0.0843. The molecule has 0 heterocycles. The summed E-state index contributed by atoms with van der Waals surface area (Å²) in [6, 6.07) is 0. The van der Waals surface area contributed by atoms with Crippen LogP contribution < -0.4 is 0 Å². The molecule has 0 aromatic rings. The van der Waals surface area contributed by atoms with E-state index < -0.39 is 6.10 Å². The second kappa shape index (κ2) is 66.6. The third-order valence-electron chi connectivity index (χ3n) is 14.2. The van der Waals surface area contributed by atoms with Gasteiger partial charge in [-0.2, -0.15) is 0 Å². The molecule has 0 aromatic carbocycles. The van der Waals surface area contributed by atoms with Gasteiger partial charge < -0.3 is 14.2 Å². The Kier molecular flexibility index (Phi) is 63.3. The average molecular weight is 1100 g/mol. The molecule has 0 aliphatic heterocycles. The van der Waals surface area contributed by atoms with Crippen molar-refractivity contribution in [2.24, 2.45) is 0 Å². The number of carbonyl (C=O) groups is 3. The molecule has 1 atom stereocenters. The monoisotopic (exact) mass is 1100 g/mol. The van der Waals surface area contributed by atoms with E-state index in [0.29, 0.717) is 19.3 Å². The van der Waals surface area contributed by atoms with Crippen LogP contribution in [0.4, 0.5) is 0 Å². The quantitative estimate of drug-likeness (QED) is 0.0261. The molecule has 0 spiro atoms. The van der Waals surface area contributed by atoms with E-state index in [2.05, 4.69) is 130 Å². The van der Waals surface area contributed by atoms with E-state index in [-0.39, 0.29) is 31.1 Å². The highest BCUT2D eigenvalue weighted by atomic mass is 16.6. The summed E-state index contributed by atoms with van der Waals surface area (Å²) in [5.74, 6) is -0.894. The zero-order valence-corrected chi connectivity index (χ0v) is 51.9. The number of allylic oxidation sites excluding steroid dienone is 18. The first-order valence-corrected chi connectivity index (χ1v) is 33.4. The molecule has 1 unspecified atom stereocenters. The second-order valence-electron chi connectivity index (χ2n) is 22.0. The van der Waals surface area contributed by atoms with Gasteiger partial charge in [-0.05, 0) is 122 Å². The van der Waals surface area contributed by atoms with Crippen molar-refractivity contribution in [2.75, 3.05) is 13.2 Å². The number of unbranched alkanes of at least 4 members (excludes halogenated alkanes) is 31. The Morgan fingerprint density at radius 1 is 0.266 bits per heavy atom. The molecule has 6 heteroatoms. The second-order valence-corrected chi connectivity index (χ2v) is 22.0. The van der Waals surface area contributed by atoms with Gasteiger partial charge in [-0.3, -0.25) is 14.4 Å². The lowest BCUT2D eigenvalue weighted by Crippen LogP contribution is -2.30. The Labute approximate surface area is 489 Å². The van der Waals surface area contributed by atoms with Gasteiger partial charge in [0.1, 0.15) is 13.2 Å². The molecule has 0 aliphatic carbocycles. The van der Waals surface area contributed by atoms with Crippen molar-refractivity contribution >= 4 is 17.9 Å². The van der Waals surface area contributed by atoms with Gasteiger partial charge in [0.25, 0.3) is 0 Å². The molecule has 0 amide bonds. The van der Waals surface area contributed by atoms with Crippen LogP contribution in [0.3, 0.4) is 0 Å². The third kappa shape index (κ3) is 64.8. The Morgan fingerprint density at radius 3 is 0.823 bits per heavy atom. The summed E-state index contributed by atoms with van der Waals surface area (Å²) in [6.45, 7) is 6.49. The molecule has 0 fully saturated rings. The SMILES string of the molecule is CC/C=C\C/C=C\C/C=C\C/C=C\C/C=C\C/C=C\CCCCCCCCCCCCC(=O)OCC(COC(=O)CCCCCCC/C=C\CCCC)OC(=O)CCCCCCCCCCC/C=C\C/C=C\CCCCCCC. The Hall–Kier alpha value is -3.93. The number of ether oxygens (including phenoxy) is 3. The highest BCUT2D eigenvalue weighted by Crippen LogP contribution is 2.16. The maximum Gasteiger partial charge on any atom is 0.306 e. The van der Waals surface area contributed by atoms with Gasteiger partial charge >= 0.3 is 17.9 Å². The smallest absolute Gasteiger partial charge is 0.306 e. The predicted molar refractivity (Wildman–Crippen MR) is 343 cm³/mol. The van der Waals surface area contributed by atoms with Gasteiger partial charge in [0.15, 0.2) is 6.10 Å². The van der Waals surface area contributed by atoms with Crippen molar-refractivity contribution in [1.82, 2.24) is 0 Å². The summed E-state index contributed by atoms with van der Waals surface area (Å²) in [4.78, 5) is 38.3. The summed E-state index contributed by atoms with van der Waals surface area (Å²) in [7, 11) is 0. The number of carbonyl (C=O) groups excluding carboxylic acids is 3. The standard InChI is InChI=1S/C73H124O6/c1-4-7-10-13-16-19-22-24-26-28-30-32-33-34-35-36-37-38-39-41-42-44-46-48-51-54-57-60-63-66-72(75)78-69-70(68-77-71(74)65-62-59-56-53-50-21-18-15-12-9-6-3)79-73(76)67-64-61-58-55-52-49-47-45-43-40-31-29-27-25-23-20-17-14-11-8-5-2/h7,10,15-16,18-19,23-26,29-32,34-35,37-38,70H,4-6,8-9,11-14,17,20-22,27-28,33,36,39-69H2,1-3H3/b10-7-,18-15-,19-16-,25-23-,26-24-,31-29-,32-30-,35-34-,38-37-. The molecule has 79 heavy (non-hydrogen) atoms.